The van der Waals surface area contributed by atoms with Crippen LogP contribution >= 0.6 is 0 Å². The fourth-order valence-corrected chi connectivity index (χ4v) is 3.52. The van der Waals surface area contributed by atoms with Crippen molar-refractivity contribution in [2.24, 2.45) is 0 Å². The van der Waals surface area contributed by atoms with Crippen LogP contribution in [0.5, 0.6) is 5.75 Å². The summed E-state index contributed by atoms with van der Waals surface area (Å²) in [6.45, 7) is 2.27. The Hall–Kier alpha value is -3.34. The van der Waals surface area contributed by atoms with Gasteiger partial charge in [-0.05, 0) is 54.8 Å². The minimum absolute atomic E-state index is 0.216. The van der Waals surface area contributed by atoms with Gasteiger partial charge in [0.05, 0.1) is 16.9 Å². The lowest BCUT2D eigenvalue weighted by Gasteiger charge is -2.21. The average Bonchev–Trinajstić information content (AvgIpc) is 3.29. The van der Waals surface area contributed by atoms with Crippen LogP contribution < -0.4 is 15.0 Å². The van der Waals surface area contributed by atoms with Gasteiger partial charge in [0, 0.05) is 13.1 Å². The molecule has 1 aliphatic heterocycles. The fourth-order valence-electron chi connectivity index (χ4n) is 3.52. The van der Waals surface area contributed by atoms with Crippen LogP contribution in [-0.4, -0.2) is 19.0 Å². The van der Waals surface area contributed by atoms with Gasteiger partial charge in [0.2, 0.25) is 0 Å². The van der Waals surface area contributed by atoms with Crippen molar-refractivity contribution in [3.8, 4) is 5.75 Å². The summed E-state index contributed by atoms with van der Waals surface area (Å²) in [4.78, 5) is 15.3. The molecule has 3 aromatic carbocycles. The SMILES string of the molecule is O=C(Nc1ccccc1N1CCCC1)c1ccccc1OCc1ccc(F)cc1. The van der Waals surface area contributed by atoms with Gasteiger partial charge < -0.3 is 15.0 Å². The number of carbonyl (C=O) groups excluding carboxylic acids is 1. The second kappa shape index (κ2) is 8.78. The Balaban J connectivity index is 1.50. The van der Waals surface area contributed by atoms with Crippen molar-refractivity contribution >= 4 is 17.3 Å². The van der Waals surface area contributed by atoms with Gasteiger partial charge in [-0.1, -0.05) is 36.4 Å². The Morgan fingerprint density at radius 1 is 0.931 bits per heavy atom. The molecule has 148 valence electrons. The number of benzene rings is 3. The Kier molecular flexibility index (Phi) is 5.75. The molecule has 1 heterocycles. The van der Waals surface area contributed by atoms with Crippen LogP contribution in [0.3, 0.4) is 0 Å². The molecule has 0 aliphatic carbocycles. The molecule has 0 unspecified atom stereocenters. The van der Waals surface area contributed by atoms with E-state index in [9.17, 15) is 9.18 Å². The largest absolute Gasteiger partial charge is 0.488 e. The van der Waals surface area contributed by atoms with Crippen molar-refractivity contribution in [2.75, 3.05) is 23.3 Å². The third-order valence-corrected chi connectivity index (χ3v) is 5.04. The fraction of sp³-hybridized carbons (Fsp3) is 0.208. The summed E-state index contributed by atoms with van der Waals surface area (Å²) in [5.74, 6) is -0.00970. The van der Waals surface area contributed by atoms with Crippen LogP contribution in [-0.2, 0) is 6.61 Å². The van der Waals surface area contributed by atoms with Crippen molar-refractivity contribution in [3.63, 3.8) is 0 Å². The number of nitrogens with one attached hydrogen (secondary N) is 1. The van der Waals surface area contributed by atoms with Crippen molar-refractivity contribution < 1.29 is 13.9 Å². The van der Waals surface area contributed by atoms with Gasteiger partial charge in [0.25, 0.3) is 5.91 Å². The number of para-hydroxylation sites is 3. The summed E-state index contributed by atoms with van der Waals surface area (Å²) in [6.07, 6.45) is 2.34. The number of hydrogen-bond donors (Lipinski definition) is 1. The monoisotopic (exact) mass is 390 g/mol. The van der Waals surface area contributed by atoms with E-state index in [0.29, 0.717) is 11.3 Å². The van der Waals surface area contributed by atoms with Gasteiger partial charge in [-0.3, -0.25) is 4.79 Å². The number of carbonyl (C=O) groups is 1. The first-order chi connectivity index (χ1) is 14.2. The van der Waals surface area contributed by atoms with Crippen LogP contribution in [0.2, 0.25) is 0 Å². The number of anilines is 2. The number of nitrogens with zero attached hydrogens (tertiary/aromatic N) is 1. The molecule has 0 atom stereocenters. The maximum atomic E-state index is 13.1. The Bertz CT molecular complexity index is 982. The van der Waals surface area contributed by atoms with Gasteiger partial charge >= 0.3 is 0 Å². The van der Waals surface area contributed by atoms with E-state index in [1.807, 2.05) is 36.4 Å². The molecular weight excluding hydrogens is 367 g/mol. The van der Waals surface area contributed by atoms with Crippen LogP contribution in [0, 0.1) is 5.82 Å². The molecule has 3 aromatic rings. The summed E-state index contributed by atoms with van der Waals surface area (Å²) in [5.41, 5.74) is 3.14. The lowest BCUT2D eigenvalue weighted by Crippen LogP contribution is -2.21. The summed E-state index contributed by atoms with van der Waals surface area (Å²) in [6, 6.07) is 21.2. The van der Waals surface area contributed by atoms with E-state index in [2.05, 4.69) is 10.2 Å². The topological polar surface area (TPSA) is 41.6 Å². The van der Waals surface area contributed by atoms with Crippen LogP contribution in [0.15, 0.2) is 72.8 Å². The third kappa shape index (κ3) is 4.57. The Morgan fingerprint density at radius 2 is 1.62 bits per heavy atom. The first-order valence-electron chi connectivity index (χ1n) is 9.82. The molecule has 1 amide bonds. The van der Waals surface area contributed by atoms with Crippen LogP contribution in [0.25, 0.3) is 0 Å². The number of hydrogen-bond acceptors (Lipinski definition) is 3. The Morgan fingerprint density at radius 3 is 2.41 bits per heavy atom. The van der Waals surface area contributed by atoms with Crippen molar-refractivity contribution in [1.82, 2.24) is 0 Å². The van der Waals surface area contributed by atoms with E-state index < -0.39 is 0 Å². The van der Waals surface area contributed by atoms with Gasteiger partial charge in [-0.25, -0.2) is 4.39 Å². The molecule has 1 saturated heterocycles. The predicted molar refractivity (Wildman–Crippen MR) is 113 cm³/mol. The van der Waals surface area contributed by atoms with E-state index in [1.54, 1.807) is 24.3 Å². The zero-order chi connectivity index (χ0) is 20.1. The molecule has 0 saturated carbocycles. The molecule has 0 aromatic heterocycles. The summed E-state index contributed by atoms with van der Waals surface area (Å²) < 4.78 is 18.9. The highest BCUT2D eigenvalue weighted by Gasteiger charge is 2.18. The molecule has 5 heteroatoms. The van der Waals surface area contributed by atoms with Crippen LogP contribution in [0.1, 0.15) is 28.8 Å². The minimum atomic E-state index is -0.287. The van der Waals surface area contributed by atoms with Crippen LogP contribution in [0.4, 0.5) is 15.8 Å². The maximum Gasteiger partial charge on any atom is 0.259 e. The lowest BCUT2D eigenvalue weighted by molar-refractivity contribution is 0.102. The van der Waals surface area contributed by atoms with E-state index >= 15 is 0 Å². The van der Waals surface area contributed by atoms with Crippen molar-refractivity contribution in [2.45, 2.75) is 19.4 Å². The zero-order valence-electron chi connectivity index (χ0n) is 16.1. The third-order valence-electron chi connectivity index (χ3n) is 5.04. The lowest BCUT2D eigenvalue weighted by atomic mass is 10.1. The molecule has 1 fully saturated rings. The van der Waals surface area contributed by atoms with Gasteiger partial charge in [0.1, 0.15) is 18.2 Å². The van der Waals surface area contributed by atoms with E-state index in [1.165, 1.54) is 25.0 Å². The first kappa shape index (κ1) is 19.0. The molecule has 29 heavy (non-hydrogen) atoms. The zero-order valence-corrected chi connectivity index (χ0v) is 16.1. The smallest absolute Gasteiger partial charge is 0.259 e. The number of amides is 1. The summed E-state index contributed by atoms with van der Waals surface area (Å²) in [5, 5.41) is 3.04. The van der Waals surface area contributed by atoms with Gasteiger partial charge in [-0.2, -0.15) is 0 Å². The molecule has 0 bridgehead atoms. The van der Waals surface area contributed by atoms with E-state index in [0.717, 1.165) is 30.0 Å². The standard InChI is InChI=1S/C24H23FN2O2/c25-19-13-11-18(12-14-19)17-29-23-10-4-1-7-20(23)24(28)26-21-8-2-3-9-22(21)27-15-5-6-16-27/h1-4,7-14H,5-6,15-17H2,(H,26,28). The number of halogens is 1. The summed E-state index contributed by atoms with van der Waals surface area (Å²) >= 11 is 0. The summed E-state index contributed by atoms with van der Waals surface area (Å²) in [7, 11) is 0. The molecule has 4 rings (SSSR count). The number of rotatable bonds is 6. The molecule has 4 nitrogen and oxygen atoms in total. The predicted octanol–water partition coefficient (Wildman–Crippen LogP) is 5.26. The second-order valence-corrected chi connectivity index (χ2v) is 7.08. The quantitative estimate of drug-likeness (QED) is 0.624. The van der Waals surface area contributed by atoms with Crippen molar-refractivity contribution in [3.05, 3.63) is 89.7 Å². The highest BCUT2D eigenvalue weighted by Crippen LogP contribution is 2.30. The molecule has 1 N–H and O–H groups in total. The normalized spacial score (nSPS) is 13.3. The molecule has 0 radical (unpaired) electrons. The van der Waals surface area contributed by atoms with Gasteiger partial charge in [0.15, 0.2) is 0 Å². The minimum Gasteiger partial charge on any atom is -0.488 e. The highest BCUT2D eigenvalue weighted by molar-refractivity contribution is 6.07. The van der Waals surface area contributed by atoms with E-state index in [4.69, 9.17) is 4.74 Å². The molecule has 0 spiro atoms. The van der Waals surface area contributed by atoms with E-state index in [-0.39, 0.29) is 18.3 Å². The first-order valence-corrected chi connectivity index (χ1v) is 9.82. The average molecular weight is 390 g/mol. The highest BCUT2D eigenvalue weighted by atomic mass is 19.1. The Labute approximate surface area is 169 Å². The van der Waals surface area contributed by atoms with Gasteiger partial charge in [-0.15, -0.1) is 0 Å². The molecule has 1 aliphatic rings. The maximum absolute atomic E-state index is 13.1. The van der Waals surface area contributed by atoms with Crippen molar-refractivity contribution in [1.29, 1.82) is 0 Å². The second-order valence-electron chi connectivity index (χ2n) is 7.08. The molecular formula is C24H23FN2O2. The number of ether oxygens (including phenoxy) is 1.